The highest BCUT2D eigenvalue weighted by atomic mass is 31.2. The topological polar surface area (TPSA) is 288 Å². The molecule has 0 saturated heterocycles. The number of phosphoric acid groups is 1. The summed E-state index contributed by atoms with van der Waals surface area (Å²) in [5, 5.41) is 18.7. The largest absolute Gasteiger partial charge is 0.469 e. The van der Waals surface area contributed by atoms with Crippen LogP contribution < -0.4 is 16.0 Å². The minimum Gasteiger partial charge on any atom is -0.465 e. The van der Waals surface area contributed by atoms with Crippen LogP contribution in [0.2, 0.25) is 0 Å². The zero-order chi connectivity index (χ0) is 54.6. The van der Waals surface area contributed by atoms with Crippen molar-refractivity contribution in [2.75, 3.05) is 33.8 Å². The SMILES string of the molecule is C/C=C(\C)[C@H]1OC(=O)[C@@H](C)NC(=O)[C@H](C(C)CC)NC(=O)CN(C)C(=O)[C@@H](Cc2ccccc2)N(C)C(=O)[C@H](C)NC(=O)[C@@H](CC(C)C)OC(=O)/C(C)=C/C[C@H](N(CCCCCOP(=O)(O)O)C(=O)O)[C@@H]1C. The molecule has 0 aromatic heterocycles. The molecule has 1 heterocycles. The Labute approximate surface area is 424 Å². The van der Waals surface area contributed by atoms with Crippen molar-refractivity contribution in [1.29, 1.82) is 0 Å². The fourth-order valence-corrected chi connectivity index (χ4v) is 8.47. The number of carboxylic acid groups (broad SMARTS) is 1. The van der Waals surface area contributed by atoms with Gasteiger partial charge in [-0.3, -0.25) is 28.5 Å². The first-order valence-electron chi connectivity index (χ1n) is 24.5. The van der Waals surface area contributed by atoms with E-state index in [1.54, 1.807) is 64.1 Å². The lowest BCUT2D eigenvalue weighted by Gasteiger charge is -2.38. The number of ether oxygens (including phenoxy) is 2. The summed E-state index contributed by atoms with van der Waals surface area (Å²) in [6.07, 6.45) is 0.478. The number of nitrogens with zero attached hydrogens (tertiary/aromatic N) is 3. The molecule has 6 amide bonds. The van der Waals surface area contributed by atoms with Crippen molar-refractivity contribution < 1.29 is 71.8 Å². The summed E-state index contributed by atoms with van der Waals surface area (Å²) in [7, 11) is -1.92. The van der Waals surface area contributed by atoms with Gasteiger partial charge in [0.1, 0.15) is 30.3 Å². The summed E-state index contributed by atoms with van der Waals surface area (Å²) in [6, 6.07) is 3.05. The molecule has 1 aromatic rings. The van der Waals surface area contributed by atoms with Gasteiger partial charge in [0.05, 0.1) is 13.2 Å². The predicted octanol–water partition coefficient (Wildman–Crippen LogP) is 4.51. The second-order valence-corrected chi connectivity index (χ2v) is 20.3. The van der Waals surface area contributed by atoms with E-state index in [1.807, 2.05) is 20.8 Å². The number of hydrogen-bond acceptors (Lipinski definition) is 12. The van der Waals surface area contributed by atoms with Crippen molar-refractivity contribution in [1.82, 2.24) is 30.7 Å². The van der Waals surface area contributed by atoms with Crippen LogP contribution in [0.4, 0.5) is 4.79 Å². The summed E-state index contributed by atoms with van der Waals surface area (Å²) >= 11 is 0. The Morgan fingerprint density at radius 3 is 2.11 bits per heavy atom. The number of phosphoric ester groups is 1. The van der Waals surface area contributed by atoms with Crippen LogP contribution in [0.5, 0.6) is 0 Å². The Bertz CT molecular complexity index is 2130. The van der Waals surface area contributed by atoms with Crippen molar-refractivity contribution in [3.05, 3.63) is 59.2 Å². The van der Waals surface area contributed by atoms with E-state index >= 15 is 0 Å². The summed E-state index contributed by atoms with van der Waals surface area (Å²) in [6.45, 7) is 15.6. The average Bonchev–Trinajstić information content (AvgIpc) is 3.31. The number of rotatable bonds is 15. The van der Waals surface area contributed by atoms with E-state index in [-0.39, 0.29) is 56.7 Å². The number of nitrogens with one attached hydrogen (secondary N) is 3. The molecule has 6 N–H and O–H groups in total. The molecule has 0 bridgehead atoms. The van der Waals surface area contributed by atoms with Gasteiger partial charge in [-0.05, 0) is 89.7 Å². The van der Waals surface area contributed by atoms with Crippen molar-refractivity contribution in [2.24, 2.45) is 17.8 Å². The van der Waals surface area contributed by atoms with Gasteiger partial charge in [0.25, 0.3) is 5.91 Å². The Balaban J connectivity index is 2.77. The Hall–Kier alpha value is -5.63. The number of benzene rings is 1. The highest BCUT2D eigenvalue weighted by molar-refractivity contribution is 7.46. The Kier molecular flexibility index (Phi) is 25.8. The molecule has 72 heavy (non-hydrogen) atoms. The number of allylic oxidation sites excluding steroid dienone is 1. The maximum Gasteiger partial charge on any atom is 0.469 e. The number of likely N-dealkylation sites (N-methyl/N-ethyl adjacent to an activating group) is 2. The first kappa shape index (κ1) is 62.5. The van der Waals surface area contributed by atoms with Gasteiger partial charge in [-0.1, -0.05) is 83.5 Å². The average molecular weight is 1040 g/mol. The van der Waals surface area contributed by atoms with Gasteiger partial charge in [-0.15, -0.1) is 0 Å². The van der Waals surface area contributed by atoms with Crippen LogP contribution in [0.25, 0.3) is 0 Å². The molecular weight excluding hydrogens is 956 g/mol. The quantitative estimate of drug-likeness (QED) is 0.0610. The molecule has 9 atom stereocenters. The van der Waals surface area contributed by atoms with Crippen LogP contribution in [-0.4, -0.2) is 153 Å². The molecule has 404 valence electrons. The van der Waals surface area contributed by atoms with Crippen LogP contribution in [0, 0.1) is 17.8 Å². The third kappa shape index (κ3) is 20.1. The lowest BCUT2D eigenvalue weighted by molar-refractivity contribution is -0.154. The van der Waals surface area contributed by atoms with Gasteiger partial charge in [-0.2, -0.15) is 0 Å². The highest BCUT2D eigenvalue weighted by Gasteiger charge is 2.39. The van der Waals surface area contributed by atoms with Crippen molar-refractivity contribution in [3.8, 4) is 0 Å². The second-order valence-electron chi connectivity index (χ2n) is 19.1. The fourth-order valence-electron chi connectivity index (χ4n) is 8.11. The van der Waals surface area contributed by atoms with E-state index in [1.165, 1.54) is 45.8 Å². The summed E-state index contributed by atoms with van der Waals surface area (Å²) in [5.74, 6) is -6.69. The van der Waals surface area contributed by atoms with Crippen molar-refractivity contribution >= 4 is 55.4 Å². The normalized spacial score (nSPS) is 25.9. The number of esters is 2. The molecule has 0 radical (unpaired) electrons. The highest BCUT2D eigenvalue weighted by Crippen LogP contribution is 2.36. The van der Waals surface area contributed by atoms with Crippen LogP contribution >= 0.6 is 7.82 Å². The number of cyclic esters (lactones) is 2. The molecule has 0 aliphatic carbocycles. The first-order chi connectivity index (χ1) is 33.6. The van der Waals surface area contributed by atoms with Crippen molar-refractivity contribution in [3.63, 3.8) is 0 Å². The van der Waals surface area contributed by atoms with Gasteiger partial charge in [0.15, 0.2) is 6.10 Å². The number of hydrogen-bond donors (Lipinski definition) is 6. The number of unbranched alkanes of at least 4 members (excludes halogenated alkanes) is 2. The molecule has 1 unspecified atom stereocenters. The van der Waals surface area contributed by atoms with Crippen LogP contribution in [0.3, 0.4) is 0 Å². The maximum atomic E-state index is 14.3. The zero-order valence-corrected chi connectivity index (χ0v) is 44.8. The number of amides is 6. The lowest BCUT2D eigenvalue weighted by atomic mass is 9.87. The third-order valence-electron chi connectivity index (χ3n) is 12.8. The van der Waals surface area contributed by atoms with Crippen molar-refractivity contribution in [2.45, 2.75) is 157 Å². The molecule has 0 spiro atoms. The zero-order valence-electron chi connectivity index (χ0n) is 43.9. The molecule has 2 rings (SSSR count). The number of carbonyl (C=O) groups is 8. The summed E-state index contributed by atoms with van der Waals surface area (Å²) in [5.41, 5.74) is 1.25. The molecule has 0 fully saturated rings. The minimum absolute atomic E-state index is 0.0148. The van der Waals surface area contributed by atoms with Gasteiger partial charge in [0, 0.05) is 44.6 Å². The van der Waals surface area contributed by atoms with Gasteiger partial charge < -0.3 is 55.0 Å². The Morgan fingerprint density at radius 2 is 1.54 bits per heavy atom. The predicted molar refractivity (Wildman–Crippen MR) is 267 cm³/mol. The Morgan fingerprint density at radius 1 is 0.917 bits per heavy atom. The molecular formula is C50H79N6O15P. The van der Waals surface area contributed by atoms with Crippen LogP contribution in [0.1, 0.15) is 113 Å². The van der Waals surface area contributed by atoms with Gasteiger partial charge in [0.2, 0.25) is 23.6 Å². The van der Waals surface area contributed by atoms with E-state index < -0.39 is 116 Å². The van der Waals surface area contributed by atoms with E-state index in [2.05, 4.69) is 20.5 Å². The number of carbonyl (C=O) groups excluding carboxylic acids is 7. The second kappa shape index (κ2) is 29.8. The molecule has 21 nitrogen and oxygen atoms in total. The van der Waals surface area contributed by atoms with Gasteiger partial charge in [-0.25, -0.2) is 18.9 Å². The third-order valence-corrected chi connectivity index (χ3v) is 13.3. The minimum atomic E-state index is -4.71. The summed E-state index contributed by atoms with van der Waals surface area (Å²) in [4.78, 5) is 132. The van der Waals surface area contributed by atoms with E-state index in [4.69, 9.17) is 19.3 Å². The monoisotopic (exact) mass is 1030 g/mol. The molecule has 0 saturated carbocycles. The maximum absolute atomic E-state index is 14.3. The van der Waals surface area contributed by atoms with Crippen LogP contribution in [0.15, 0.2) is 53.6 Å². The smallest absolute Gasteiger partial charge is 0.465 e. The van der Waals surface area contributed by atoms with E-state index in [9.17, 15) is 48.0 Å². The van der Waals surface area contributed by atoms with E-state index in [0.29, 0.717) is 24.0 Å². The standard InChI is InChI=1S/C50H79N6O15P/c1-13-31(5)42-45(59)52-36(10)49(63)71-43(32(6)14-2)34(8)38(56(50(64)65)25-19-16-20-26-69-72(66,67)68)24-23-33(7)48(62)70-40(27-30(3)4)44(58)51-35(9)46(60)55(12)39(28-37-21-17-15-18-22-37)47(61)54(11)29-41(57)53-42/h14-15,17-18,21-23,30-31,34-36,38-40,42-43H,13,16,19-20,24-29H2,1-12H3,(H,51,58)(H,52,59)(H,53,57)(H,64,65)(H2,66,67,68)/b32-14+,33-23+/t31?,34-,35-,36+,38-,39+,40+,42-,43+/m0/s1. The van der Waals surface area contributed by atoms with Gasteiger partial charge >= 0.3 is 25.9 Å². The van der Waals surface area contributed by atoms with E-state index in [0.717, 1.165) is 9.80 Å². The molecule has 22 heteroatoms. The summed E-state index contributed by atoms with van der Waals surface area (Å²) < 4.78 is 27.6. The fraction of sp³-hybridized carbons (Fsp3) is 0.640. The lowest BCUT2D eigenvalue weighted by Crippen LogP contribution is -2.57. The van der Waals surface area contributed by atoms with Crippen LogP contribution in [-0.2, 0) is 58.5 Å². The molecule has 1 aliphatic rings. The molecule has 1 aliphatic heterocycles. The first-order valence-corrected chi connectivity index (χ1v) is 26.0. The molecule has 1 aromatic carbocycles.